The Balaban J connectivity index is 2.28. The lowest BCUT2D eigenvalue weighted by Gasteiger charge is -2.01. The number of aliphatic imine (C=N–C) groups is 1. The van der Waals surface area contributed by atoms with Gasteiger partial charge in [0.05, 0.1) is 12.3 Å². The van der Waals surface area contributed by atoms with Crippen molar-refractivity contribution >= 4 is 17.4 Å². The number of nitrogens with zero attached hydrogens (tertiary/aromatic N) is 1. The molecule has 0 atom stereocenters. The minimum absolute atomic E-state index is 0.265. The summed E-state index contributed by atoms with van der Waals surface area (Å²) >= 11 is 0. The van der Waals surface area contributed by atoms with Crippen LogP contribution in [-0.4, -0.2) is 23.5 Å². The molecule has 1 aromatic carbocycles. The van der Waals surface area contributed by atoms with E-state index >= 15 is 0 Å². The van der Waals surface area contributed by atoms with Crippen LogP contribution in [0.2, 0.25) is 0 Å². The van der Waals surface area contributed by atoms with Gasteiger partial charge in [-0.2, -0.15) is 0 Å². The quantitative estimate of drug-likeness (QED) is 0.778. The lowest BCUT2D eigenvalue weighted by atomic mass is 10.2. The minimum atomic E-state index is -0.350. The summed E-state index contributed by atoms with van der Waals surface area (Å²) in [5, 5.41) is 11.5. The molecule has 4 nitrogen and oxygen atoms in total. The van der Waals surface area contributed by atoms with E-state index in [0.717, 1.165) is 0 Å². The van der Waals surface area contributed by atoms with Gasteiger partial charge in [0.1, 0.15) is 11.7 Å². The van der Waals surface area contributed by atoms with E-state index in [1.54, 1.807) is 0 Å². The van der Waals surface area contributed by atoms with Crippen LogP contribution in [0.15, 0.2) is 40.9 Å². The molecule has 1 aliphatic rings. The van der Waals surface area contributed by atoms with Crippen LogP contribution in [0.5, 0.6) is 0 Å². The van der Waals surface area contributed by atoms with Crippen molar-refractivity contribution in [2.45, 2.75) is 0 Å². The fraction of sp³-hybridized carbons (Fsp3) is 0.0909. The van der Waals surface area contributed by atoms with E-state index in [9.17, 15) is 9.18 Å². The van der Waals surface area contributed by atoms with Crippen molar-refractivity contribution in [2.24, 2.45) is 4.99 Å². The highest BCUT2D eigenvalue weighted by Crippen LogP contribution is 2.15. The number of hydrogen-bond donors (Lipinski definition) is 2. The number of rotatable bonds is 2. The van der Waals surface area contributed by atoms with Crippen molar-refractivity contribution in [3.63, 3.8) is 0 Å². The van der Waals surface area contributed by atoms with Crippen LogP contribution in [-0.2, 0) is 4.79 Å². The van der Waals surface area contributed by atoms with E-state index in [2.05, 4.69) is 10.3 Å². The molecule has 2 rings (SSSR count). The fourth-order valence-corrected chi connectivity index (χ4v) is 1.32. The number of nitrogens with one attached hydrogen (secondary N) is 1. The van der Waals surface area contributed by atoms with Crippen LogP contribution in [0.25, 0.3) is 0 Å². The largest absolute Gasteiger partial charge is 0.392 e. The molecule has 1 aromatic rings. The summed E-state index contributed by atoms with van der Waals surface area (Å²) in [4.78, 5) is 15.1. The summed E-state index contributed by atoms with van der Waals surface area (Å²) in [6.45, 7) is -0.265. The van der Waals surface area contributed by atoms with Crippen molar-refractivity contribution in [3.8, 4) is 0 Å². The zero-order valence-electron chi connectivity index (χ0n) is 8.27. The maximum Gasteiger partial charge on any atom is 0.250 e. The Morgan fingerprint density at radius 3 is 2.62 bits per heavy atom. The Bertz CT molecular complexity index is 477. The Kier molecular flexibility index (Phi) is 2.78. The molecule has 0 spiro atoms. The number of carbonyl (C=O) groups excluding carboxylic acids is 1. The Hall–Kier alpha value is -2.01. The van der Waals surface area contributed by atoms with E-state index in [0.29, 0.717) is 17.1 Å². The second-order valence-corrected chi connectivity index (χ2v) is 3.25. The zero-order chi connectivity index (χ0) is 11.5. The molecule has 0 aliphatic carbocycles. The molecular formula is C11H9FN2O2. The number of amides is 1. The van der Waals surface area contributed by atoms with Crippen LogP contribution in [0, 0.1) is 5.82 Å². The molecular weight excluding hydrogens is 211 g/mol. The summed E-state index contributed by atoms with van der Waals surface area (Å²) < 4.78 is 12.6. The van der Waals surface area contributed by atoms with Gasteiger partial charge < -0.3 is 10.4 Å². The smallest absolute Gasteiger partial charge is 0.250 e. The van der Waals surface area contributed by atoms with Crippen molar-refractivity contribution < 1.29 is 14.3 Å². The van der Waals surface area contributed by atoms with Gasteiger partial charge in [0, 0.05) is 11.6 Å². The van der Waals surface area contributed by atoms with Crippen LogP contribution in [0.1, 0.15) is 0 Å². The third-order valence-electron chi connectivity index (χ3n) is 2.09. The van der Waals surface area contributed by atoms with Crippen molar-refractivity contribution in [1.82, 2.24) is 5.32 Å². The topological polar surface area (TPSA) is 61.7 Å². The van der Waals surface area contributed by atoms with E-state index in [1.807, 2.05) is 0 Å². The second-order valence-electron chi connectivity index (χ2n) is 3.25. The van der Waals surface area contributed by atoms with Crippen molar-refractivity contribution in [2.75, 3.05) is 6.61 Å². The lowest BCUT2D eigenvalue weighted by molar-refractivity contribution is -0.114. The maximum atomic E-state index is 12.6. The van der Waals surface area contributed by atoms with Gasteiger partial charge in [0.25, 0.3) is 0 Å². The summed E-state index contributed by atoms with van der Waals surface area (Å²) in [7, 11) is 0. The van der Waals surface area contributed by atoms with Crippen LogP contribution < -0.4 is 5.32 Å². The third-order valence-corrected chi connectivity index (χ3v) is 2.09. The molecule has 1 heterocycles. The van der Waals surface area contributed by atoms with Gasteiger partial charge in [0.2, 0.25) is 5.91 Å². The van der Waals surface area contributed by atoms with Gasteiger partial charge in [-0.05, 0) is 24.3 Å². The zero-order valence-corrected chi connectivity index (χ0v) is 8.27. The standard InChI is InChI=1S/C11H9FN2O2/c12-8-1-3-9(4-2-8)13-11-7(6-15)5-10(16)14-11/h1-5,15H,6H2,(H,13,14,16). The van der Waals surface area contributed by atoms with E-state index in [-0.39, 0.29) is 18.3 Å². The van der Waals surface area contributed by atoms with Gasteiger partial charge in [-0.15, -0.1) is 0 Å². The number of hydrogen-bond acceptors (Lipinski definition) is 3. The average molecular weight is 220 g/mol. The molecule has 0 radical (unpaired) electrons. The molecule has 5 heteroatoms. The minimum Gasteiger partial charge on any atom is -0.392 e. The van der Waals surface area contributed by atoms with Gasteiger partial charge in [-0.1, -0.05) is 0 Å². The molecule has 16 heavy (non-hydrogen) atoms. The fourth-order valence-electron chi connectivity index (χ4n) is 1.32. The second kappa shape index (κ2) is 4.24. The van der Waals surface area contributed by atoms with Crippen LogP contribution in [0.4, 0.5) is 10.1 Å². The summed E-state index contributed by atoms with van der Waals surface area (Å²) in [6.07, 6.45) is 1.28. The molecule has 0 unspecified atom stereocenters. The predicted molar refractivity (Wildman–Crippen MR) is 56.8 cm³/mol. The monoisotopic (exact) mass is 220 g/mol. The van der Waals surface area contributed by atoms with Crippen LogP contribution >= 0.6 is 0 Å². The Labute approximate surface area is 91.1 Å². The van der Waals surface area contributed by atoms with Gasteiger partial charge in [-0.25, -0.2) is 9.38 Å². The first-order valence-corrected chi connectivity index (χ1v) is 4.66. The highest BCUT2D eigenvalue weighted by Gasteiger charge is 2.17. The molecule has 0 fully saturated rings. The number of halogens is 1. The van der Waals surface area contributed by atoms with Gasteiger partial charge in [-0.3, -0.25) is 4.79 Å². The van der Waals surface area contributed by atoms with Crippen molar-refractivity contribution in [3.05, 3.63) is 41.7 Å². The number of carbonyl (C=O) groups is 1. The average Bonchev–Trinajstić information content (AvgIpc) is 2.62. The molecule has 1 amide bonds. The number of benzene rings is 1. The highest BCUT2D eigenvalue weighted by molar-refractivity contribution is 6.19. The van der Waals surface area contributed by atoms with E-state index in [1.165, 1.54) is 30.3 Å². The normalized spacial score (nSPS) is 17.5. The molecule has 0 saturated carbocycles. The molecule has 1 aliphatic heterocycles. The first kappa shape index (κ1) is 10.5. The number of aliphatic hydroxyl groups is 1. The van der Waals surface area contributed by atoms with E-state index < -0.39 is 0 Å². The first-order chi connectivity index (χ1) is 7.69. The SMILES string of the molecule is O=C1C=C(CO)C(=Nc2ccc(F)cc2)N1. The molecule has 2 N–H and O–H groups in total. The van der Waals surface area contributed by atoms with Crippen LogP contribution in [0.3, 0.4) is 0 Å². The van der Waals surface area contributed by atoms with Gasteiger partial charge >= 0.3 is 0 Å². The van der Waals surface area contributed by atoms with Gasteiger partial charge in [0.15, 0.2) is 0 Å². The Morgan fingerprint density at radius 2 is 2.00 bits per heavy atom. The predicted octanol–water partition coefficient (Wildman–Crippen LogP) is 0.904. The third kappa shape index (κ3) is 2.14. The molecule has 0 aromatic heterocycles. The summed E-state index contributed by atoms with van der Waals surface area (Å²) in [5.41, 5.74) is 0.937. The number of aliphatic hydroxyl groups excluding tert-OH is 1. The maximum absolute atomic E-state index is 12.6. The molecule has 0 saturated heterocycles. The highest BCUT2D eigenvalue weighted by atomic mass is 19.1. The summed E-state index contributed by atoms with van der Waals surface area (Å²) in [6, 6.07) is 5.53. The summed E-state index contributed by atoms with van der Waals surface area (Å²) in [5.74, 6) is -0.360. The molecule has 0 bridgehead atoms. The lowest BCUT2D eigenvalue weighted by Crippen LogP contribution is -2.23. The Morgan fingerprint density at radius 1 is 1.31 bits per heavy atom. The number of amidine groups is 1. The van der Waals surface area contributed by atoms with E-state index in [4.69, 9.17) is 5.11 Å². The first-order valence-electron chi connectivity index (χ1n) is 4.66. The molecule has 82 valence electrons. The van der Waals surface area contributed by atoms with Crippen molar-refractivity contribution in [1.29, 1.82) is 0 Å².